The summed E-state index contributed by atoms with van der Waals surface area (Å²) in [4.78, 5) is 23.9. The van der Waals surface area contributed by atoms with Gasteiger partial charge in [0.05, 0.1) is 22.3 Å². The summed E-state index contributed by atoms with van der Waals surface area (Å²) >= 11 is 0. The highest BCUT2D eigenvalue weighted by atomic mass is 19.1. The van der Waals surface area contributed by atoms with E-state index in [0.29, 0.717) is 52.2 Å². The fraction of sp³-hybridized carbons (Fsp3) is 0.233. The molecular formula is C30H31FN10. The van der Waals surface area contributed by atoms with Crippen LogP contribution in [0.2, 0.25) is 0 Å². The lowest BCUT2D eigenvalue weighted by Crippen LogP contribution is -2.20. The molecule has 4 N–H and O–H groups in total. The molecule has 0 spiro atoms. The molecule has 10 nitrogen and oxygen atoms in total. The lowest BCUT2D eigenvalue weighted by molar-refractivity contribution is 0.425. The van der Waals surface area contributed by atoms with Gasteiger partial charge in [-0.2, -0.15) is 5.10 Å². The van der Waals surface area contributed by atoms with E-state index in [4.69, 9.17) is 4.98 Å². The Morgan fingerprint density at radius 3 is 2.59 bits per heavy atom. The molecule has 5 aromatic heterocycles. The molecule has 0 unspecified atom stereocenters. The number of hydrogen-bond acceptors (Lipinski definition) is 8. The van der Waals surface area contributed by atoms with Gasteiger partial charge in [0.15, 0.2) is 11.5 Å². The van der Waals surface area contributed by atoms with Crippen LogP contribution < -0.4 is 10.6 Å². The minimum absolute atomic E-state index is 0.291. The fourth-order valence-corrected chi connectivity index (χ4v) is 4.76. The van der Waals surface area contributed by atoms with Gasteiger partial charge < -0.3 is 20.5 Å². The molecular weight excluding hydrogens is 519 g/mol. The number of anilines is 2. The zero-order chi connectivity index (χ0) is 28.5. The third-order valence-corrected chi connectivity index (χ3v) is 6.63. The van der Waals surface area contributed by atoms with Gasteiger partial charge in [-0.3, -0.25) is 15.1 Å². The van der Waals surface area contributed by atoms with Gasteiger partial charge in [0, 0.05) is 66.3 Å². The van der Waals surface area contributed by atoms with Crippen molar-refractivity contribution in [1.29, 1.82) is 0 Å². The van der Waals surface area contributed by atoms with E-state index in [-0.39, 0.29) is 5.82 Å². The minimum Gasteiger partial charge on any atom is -0.384 e. The Labute approximate surface area is 236 Å². The van der Waals surface area contributed by atoms with E-state index >= 15 is 0 Å². The number of H-pyrrole nitrogens is 2. The Balaban J connectivity index is 1.37. The topological polar surface area (TPSA) is 123 Å². The van der Waals surface area contributed by atoms with Crippen LogP contribution in [-0.4, -0.2) is 73.2 Å². The number of nitrogens with zero attached hydrogens (tertiary/aromatic N) is 6. The molecule has 0 saturated carbocycles. The summed E-state index contributed by atoms with van der Waals surface area (Å²) < 4.78 is 14.6. The van der Waals surface area contributed by atoms with Crippen LogP contribution in [0.5, 0.6) is 0 Å². The van der Waals surface area contributed by atoms with E-state index < -0.39 is 0 Å². The number of nitrogens with one attached hydrogen (secondary N) is 4. The second kappa shape index (κ2) is 10.9. The van der Waals surface area contributed by atoms with E-state index in [9.17, 15) is 4.39 Å². The second-order valence-electron chi connectivity index (χ2n) is 10.6. The van der Waals surface area contributed by atoms with Crippen molar-refractivity contribution in [2.24, 2.45) is 0 Å². The van der Waals surface area contributed by atoms with Crippen molar-refractivity contribution in [2.75, 3.05) is 37.8 Å². The smallest absolute Gasteiger partial charge is 0.159 e. The number of benzene rings is 1. The molecule has 0 atom stereocenters. The molecule has 1 aromatic carbocycles. The number of rotatable bonds is 9. The van der Waals surface area contributed by atoms with Crippen LogP contribution in [0, 0.1) is 5.82 Å². The summed E-state index contributed by atoms with van der Waals surface area (Å²) in [5, 5.41) is 15.0. The van der Waals surface area contributed by atoms with Crippen molar-refractivity contribution in [3.05, 3.63) is 67.0 Å². The number of hydrogen-bond donors (Lipinski definition) is 4. The molecule has 0 radical (unpaired) electrons. The fourth-order valence-electron chi connectivity index (χ4n) is 4.76. The molecule has 41 heavy (non-hydrogen) atoms. The molecule has 0 bridgehead atoms. The molecule has 0 amide bonds. The largest absolute Gasteiger partial charge is 0.384 e. The molecule has 0 saturated heterocycles. The molecule has 0 aliphatic carbocycles. The first-order valence-electron chi connectivity index (χ1n) is 13.4. The summed E-state index contributed by atoms with van der Waals surface area (Å²) in [5.41, 5.74) is 7.38. The Kier molecular flexibility index (Phi) is 7.02. The van der Waals surface area contributed by atoms with Crippen molar-refractivity contribution in [1.82, 2.24) is 40.0 Å². The van der Waals surface area contributed by atoms with Gasteiger partial charge in [-0.25, -0.2) is 14.4 Å². The molecule has 0 aliphatic heterocycles. The molecule has 11 heteroatoms. The number of aromatic nitrogens is 7. The standard InChI is InChI=1S/C30H31FN10/c1-17(2)36-23-11-19(14-32-16-23)20-12-24-27(39-40-29(24)35-15-20)30-37-25-5-6-34-26(28(25)38-30)18-9-21(31)13-22(10-18)33-7-8-41(3)4/h5-6,9-17,33,36H,7-8H2,1-4H3,(H,37,38)(H,35,39,40). The summed E-state index contributed by atoms with van der Waals surface area (Å²) in [7, 11) is 4.00. The number of aromatic amines is 2. The average molecular weight is 551 g/mol. The molecule has 6 aromatic rings. The van der Waals surface area contributed by atoms with Gasteiger partial charge in [0.2, 0.25) is 0 Å². The highest BCUT2D eigenvalue weighted by Gasteiger charge is 2.18. The zero-order valence-electron chi connectivity index (χ0n) is 23.3. The van der Waals surface area contributed by atoms with Crippen LogP contribution >= 0.6 is 0 Å². The number of likely N-dealkylation sites (N-methyl/N-ethyl adjacent to an activating group) is 1. The molecule has 208 valence electrons. The van der Waals surface area contributed by atoms with E-state index in [2.05, 4.69) is 65.6 Å². The van der Waals surface area contributed by atoms with Crippen molar-refractivity contribution >= 4 is 33.4 Å². The van der Waals surface area contributed by atoms with E-state index in [1.807, 2.05) is 38.5 Å². The van der Waals surface area contributed by atoms with Crippen LogP contribution in [0.25, 0.3) is 56.0 Å². The van der Waals surface area contributed by atoms with Crippen molar-refractivity contribution in [2.45, 2.75) is 19.9 Å². The average Bonchev–Trinajstić information content (AvgIpc) is 3.56. The predicted molar refractivity (Wildman–Crippen MR) is 161 cm³/mol. The minimum atomic E-state index is -0.344. The van der Waals surface area contributed by atoms with Gasteiger partial charge >= 0.3 is 0 Å². The van der Waals surface area contributed by atoms with Gasteiger partial charge in [-0.05, 0) is 64.3 Å². The number of fused-ring (bicyclic) bond motifs is 2. The second-order valence-corrected chi connectivity index (χ2v) is 10.6. The highest BCUT2D eigenvalue weighted by molar-refractivity contribution is 5.96. The lowest BCUT2D eigenvalue weighted by atomic mass is 10.1. The van der Waals surface area contributed by atoms with Crippen molar-refractivity contribution < 1.29 is 4.39 Å². The third kappa shape index (κ3) is 5.57. The van der Waals surface area contributed by atoms with Crippen LogP contribution in [0.3, 0.4) is 0 Å². The third-order valence-electron chi connectivity index (χ3n) is 6.63. The zero-order valence-corrected chi connectivity index (χ0v) is 23.3. The normalized spacial score (nSPS) is 11.7. The maximum absolute atomic E-state index is 14.6. The van der Waals surface area contributed by atoms with Gasteiger partial charge in [0.25, 0.3) is 0 Å². The Hall–Kier alpha value is -4.90. The van der Waals surface area contributed by atoms with Crippen LogP contribution in [0.15, 0.2) is 61.2 Å². The predicted octanol–water partition coefficient (Wildman–Crippen LogP) is 5.56. The Morgan fingerprint density at radius 1 is 0.927 bits per heavy atom. The first-order valence-corrected chi connectivity index (χ1v) is 13.4. The first-order chi connectivity index (χ1) is 19.8. The van der Waals surface area contributed by atoms with Gasteiger partial charge in [0.1, 0.15) is 17.0 Å². The summed E-state index contributed by atoms with van der Waals surface area (Å²) in [6.45, 7) is 5.69. The summed E-state index contributed by atoms with van der Waals surface area (Å²) in [6, 6.07) is 11.1. The van der Waals surface area contributed by atoms with Gasteiger partial charge in [-0.1, -0.05) is 0 Å². The summed E-state index contributed by atoms with van der Waals surface area (Å²) in [5.74, 6) is 0.219. The van der Waals surface area contributed by atoms with Gasteiger partial charge in [-0.15, -0.1) is 0 Å². The quantitative estimate of drug-likeness (QED) is 0.185. The van der Waals surface area contributed by atoms with Crippen molar-refractivity contribution in [3.8, 4) is 33.9 Å². The monoisotopic (exact) mass is 550 g/mol. The van der Waals surface area contributed by atoms with Crippen LogP contribution in [0.1, 0.15) is 13.8 Å². The van der Waals surface area contributed by atoms with Crippen molar-refractivity contribution in [3.63, 3.8) is 0 Å². The Bertz CT molecular complexity index is 1840. The van der Waals surface area contributed by atoms with E-state index in [0.717, 1.165) is 34.3 Å². The van der Waals surface area contributed by atoms with Crippen LogP contribution in [-0.2, 0) is 0 Å². The Morgan fingerprint density at radius 2 is 1.76 bits per heavy atom. The molecule has 5 heterocycles. The number of pyridine rings is 3. The number of imidazole rings is 1. The molecule has 0 fully saturated rings. The SMILES string of the molecule is CC(C)Nc1cncc(-c2cnc3[nH]nc(-c4nc5c(-c6cc(F)cc(NCCN(C)C)c6)nccc5[nH]4)c3c2)c1. The number of halogens is 1. The molecule has 0 aliphatic rings. The van der Waals surface area contributed by atoms with E-state index in [1.54, 1.807) is 18.6 Å². The van der Waals surface area contributed by atoms with Crippen LogP contribution in [0.4, 0.5) is 15.8 Å². The lowest BCUT2D eigenvalue weighted by Gasteiger charge is -2.12. The summed E-state index contributed by atoms with van der Waals surface area (Å²) in [6.07, 6.45) is 7.11. The van der Waals surface area contributed by atoms with E-state index in [1.165, 1.54) is 12.1 Å². The maximum Gasteiger partial charge on any atom is 0.159 e. The highest BCUT2D eigenvalue weighted by Crippen LogP contribution is 2.33. The molecule has 6 rings (SSSR count). The maximum atomic E-state index is 14.6. The first kappa shape index (κ1) is 26.3.